The van der Waals surface area contributed by atoms with Crippen LogP contribution < -0.4 is 10.1 Å². The highest BCUT2D eigenvalue weighted by Gasteiger charge is 2.43. The van der Waals surface area contributed by atoms with Crippen molar-refractivity contribution in [3.05, 3.63) is 47.7 Å². The largest absolute Gasteiger partial charge is 0.492 e. The second-order valence-electron chi connectivity index (χ2n) is 6.45. The molecule has 8 heteroatoms. The van der Waals surface area contributed by atoms with Gasteiger partial charge in [-0.15, -0.1) is 0 Å². The third-order valence-electron chi connectivity index (χ3n) is 4.12. The summed E-state index contributed by atoms with van der Waals surface area (Å²) in [7, 11) is 0. The second kappa shape index (κ2) is 5.97. The molecule has 25 heavy (non-hydrogen) atoms. The number of nitrogens with one attached hydrogen (secondary N) is 1. The Hall–Kier alpha value is -2.18. The number of rotatable bonds is 2. The lowest BCUT2D eigenvalue weighted by Gasteiger charge is -2.33. The first-order valence-electron chi connectivity index (χ1n) is 7.50. The topological polar surface area (TPSA) is 78.9 Å². The molecule has 0 saturated carbocycles. The summed E-state index contributed by atoms with van der Waals surface area (Å²) in [5.41, 5.74) is 1.15. The number of carbonyl (C=O) groups excluding carboxylic acids is 1. The number of alkyl halides is 2. The molecule has 0 bridgehead atoms. The molecular weight excluding hydrogens is 367 g/mol. The molecule has 0 atom stereocenters. The average molecular weight is 383 g/mol. The van der Waals surface area contributed by atoms with E-state index in [0.29, 0.717) is 18.0 Å². The van der Waals surface area contributed by atoms with Crippen molar-refractivity contribution in [3.63, 3.8) is 0 Å². The molecule has 2 amide bonds. The molecule has 2 aliphatic heterocycles. The van der Waals surface area contributed by atoms with Crippen molar-refractivity contribution in [3.8, 4) is 5.75 Å². The number of carboxylic acid groups (broad SMARTS) is 1. The first-order chi connectivity index (χ1) is 11.6. The lowest BCUT2D eigenvalue weighted by molar-refractivity contribution is -0.133. The highest BCUT2D eigenvalue weighted by molar-refractivity contribution is 6.52. The molecule has 2 aliphatic rings. The number of carboxylic acids is 1. The number of urea groups is 1. The van der Waals surface area contributed by atoms with Crippen LogP contribution in [0.3, 0.4) is 0 Å². The molecule has 3 rings (SSSR count). The Kier molecular flexibility index (Phi) is 4.21. The lowest BCUT2D eigenvalue weighted by Crippen LogP contribution is -2.46. The number of halogens is 2. The zero-order valence-electron chi connectivity index (χ0n) is 13.5. The van der Waals surface area contributed by atoms with Gasteiger partial charge in [0.05, 0.1) is 12.2 Å². The van der Waals surface area contributed by atoms with Gasteiger partial charge in [0.1, 0.15) is 5.75 Å². The third kappa shape index (κ3) is 3.07. The van der Waals surface area contributed by atoms with Gasteiger partial charge in [-0.3, -0.25) is 4.90 Å². The van der Waals surface area contributed by atoms with Gasteiger partial charge in [0.25, 0.3) is 0 Å². The molecule has 2 N–H and O–H groups in total. The summed E-state index contributed by atoms with van der Waals surface area (Å²) in [5, 5.41) is 11.8. The third-order valence-corrected chi connectivity index (χ3v) is 4.90. The van der Waals surface area contributed by atoms with Gasteiger partial charge in [-0.1, -0.05) is 43.1 Å². The monoisotopic (exact) mass is 382 g/mol. The van der Waals surface area contributed by atoms with Gasteiger partial charge in [-0.25, -0.2) is 9.59 Å². The van der Waals surface area contributed by atoms with Crippen molar-refractivity contribution in [1.82, 2.24) is 4.90 Å². The summed E-state index contributed by atoms with van der Waals surface area (Å²) in [4.78, 5) is 24.7. The summed E-state index contributed by atoms with van der Waals surface area (Å²) in [6, 6.07) is 4.69. The summed E-state index contributed by atoms with van der Waals surface area (Å²) >= 11 is 12.2. The van der Waals surface area contributed by atoms with Gasteiger partial charge in [0, 0.05) is 28.9 Å². The zero-order valence-corrected chi connectivity index (χ0v) is 15.1. The van der Waals surface area contributed by atoms with Gasteiger partial charge < -0.3 is 15.2 Å². The second-order valence-corrected chi connectivity index (χ2v) is 7.74. The van der Waals surface area contributed by atoms with Crippen molar-refractivity contribution in [2.75, 3.05) is 11.9 Å². The number of hydrogen-bond acceptors (Lipinski definition) is 3. The van der Waals surface area contributed by atoms with Gasteiger partial charge in [-0.05, 0) is 18.2 Å². The first kappa shape index (κ1) is 17.6. The summed E-state index contributed by atoms with van der Waals surface area (Å²) in [6.45, 7) is 4.71. The molecule has 0 saturated heterocycles. The minimum absolute atomic E-state index is 0.0872. The van der Waals surface area contributed by atoms with E-state index in [9.17, 15) is 14.7 Å². The number of amides is 2. The number of aliphatic carboxylic acids is 1. The fraction of sp³-hybridized carbons (Fsp3) is 0.294. The lowest BCUT2D eigenvalue weighted by atomic mass is 9.87. The van der Waals surface area contributed by atoms with Crippen LogP contribution in [-0.4, -0.2) is 33.1 Å². The maximum atomic E-state index is 12.5. The number of anilines is 1. The van der Waals surface area contributed by atoms with Crippen LogP contribution in [0.15, 0.2) is 42.1 Å². The normalized spacial score (nSPS) is 19.7. The molecule has 0 unspecified atom stereocenters. The molecule has 2 heterocycles. The van der Waals surface area contributed by atoms with Crippen molar-refractivity contribution < 1.29 is 19.4 Å². The van der Waals surface area contributed by atoms with E-state index in [-0.39, 0.29) is 11.0 Å². The van der Waals surface area contributed by atoms with Gasteiger partial charge >= 0.3 is 12.0 Å². The van der Waals surface area contributed by atoms with Gasteiger partial charge in [0.15, 0.2) is 0 Å². The minimum Gasteiger partial charge on any atom is -0.492 e. The predicted octanol–water partition coefficient (Wildman–Crippen LogP) is 3.86. The SMILES string of the molecule is CC1(C)COc2cc(NC(=O)N3C=CC=C(C(=O)O)C3(Cl)Cl)ccc21. The number of benzene rings is 1. The van der Waals surface area contributed by atoms with E-state index in [4.69, 9.17) is 27.9 Å². The Balaban J connectivity index is 1.81. The molecule has 1 aromatic rings. The number of hydrogen-bond donors (Lipinski definition) is 2. The number of carbonyl (C=O) groups is 2. The van der Waals surface area contributed by atoms with Crippen LogP contribution >= 0.6 is 23.2 Å². The number of nitrogens with zero attached hydrogens (tertiary/aromatic N) is 1. The van der Waals surface area contributed by atoms with E-state index in [1.165, 1.54) is 18.4 Å². The quantitative estimate of drug-likeness (QED) is 0.601. The van der Waals surface area contributed by atoms with Crippen molar-refractivity contribution in [1.29, 1.82) is 0 Å². The molecule has 0 aliphatic carbocycles. The Labute approximate surface area is 154 Å². The smallest absolute Gasteiger partial charge is 0.336 e. The van der Waals surface area contributed by atoms with Gasteiger partial charge in [-0.2, -0.15) is 0 Å². The summed E-state index contributed by atoms with van der Waals surface area (Å²) in [6.07, 6.45) is 3.95. The number of ether oxygens (including phenoxy) is 1. The standard InChI is InChI=1S/C17H16Cl2N2O4/c1-16(2)9-25-13-8-10(5-6-11(13)16)20-15(24)21-7-3-4-12(14(22)23)17(21,18)19/h3-8H,9H2,1-2H3,(H,20,24)(H,22,23). The molecular formula is C17H16Cl2N2O4. The number of fused-ring (bicyclic) bond motifs is 1. The molecule has 132 valence electrons. The van der Waals surface area contributed by atoms with Crippen molar-refractivity contribution in [2.45, 2.75) is 23.7 Å². The number of allylic oxidation sites excluding steroid dienone is 2. The van der Waals surface area contributed by atoms with Crippen molar-refractivity contribution >= 4 is 40.9 Å². The average Bonchev–Trinajstić information content (AvgIpc) is 2.81. The fourth-order valence-corrected chi connectivity index (χ4v) is 3.30. The van der Waals surface area contributed by atoms with Crippen LogP contribution in [-0.2, 0) is 10.2 Å². The minimum atomic E-state index is -2.01. The van der Waals surface area contributed by atoms with E-state index >= 15 is 0 Å². The highest BCUT2D eigenvalue weighted by atomic mass is 35.5. The molecule has 6 nitrogen and oxygen atoms in total. The Morgan fingerprint density at radius 1 is 1.32 bits per heavy atom. The highest BCUT2D eigenvalue weighted by Crippen LogP contribution is 2.40. The molecule has 0 fully saturated rings. The van der Waals surface area contributed by atoms with Crippen LogP contribution in [0.2, 0.25) is 0 Å². The molecule has 1 aromatic carbocycles. The van der Waals surface area contributed by atoms with E-state index in [0.717, 1.165) is 10.5 Å². The van der Waals surface area contributed by atoms with Crippen LogP contribution in [0.4, 0.5) is 10.5 Å². The molecule has 0 radical (unpaired) electrons. The zero-order chi connectivity index (χ0) is 18.4. The Morgan fingerprint density at radius 3 is 2.72 bits per heavy atom. The van der Waals surface area contributed by atoms with Crippen LogP contribution in [0, 0.1) is 0 Å². The first-order valence-corrected chi connectivity index (χ1v) is 8.26. The summed E-state index contributed by atoms with van der Waals surface area (Å²) in [5.74, 6) is -0.605. The van der Waals surface area contributed by atoms with E-state index in [1.54, 1.807) is 12.1 Å². The molecule has 0 spiro atoms. The summed E-state index contributed by atoms with van der Waals surface area (Å²) < 4.78 is 3.64. The van der Waals surface area contributed by atoms with Gasteiger partial charge in [0.2, 0.25) is 4.46 Å². The van der Waals surface area contributed by atoms with Crippen LogP contribution in [0.5, 0.6) is 5.75 Å². The molecule has 0 aromatic heterocycles. The maximum Gasteiger partial charge on any atom is 0.336 e. The van der Waals surface area contributed by atoms with E-state index in [2.05, 4.69) is 19.2 Å². The fourth-order valence-electron chi connectivity index (χ4n) is 2.74. The van der Waals surface area contributed by atoms with E-state index < -0.39 is 16.5 Å². The van der Waals surface area contributed by atoms with E-state index in [1.807, 2.05) is 6.07 Å². The Bertz CT molecular complexity index is 815. The predicted molar refractivity (Wildman–Crippen MR) is 95.1 cm³/mol. The maximum absolute atomic E-state index is 12.5. The Morgan fingerprint density at radius 2 is 2.04 bits per heavy atom. The van der Waals surface area contributed by atoms with Crippen LogP contribution in [0.25, 0.3) is 0 Å². The van der Waals surface area contributed by atoms with Crippen molar-refractivity contribution in [2.24, 2.45) is 0 Å². The van der Waals surface area contributed by atoms with Crippen LogP contribution in [0.1, 0.15) is 19.4 Å².